The lowest BCUT2D eigenvalue weighted by Crippen LogP contribution is -2.51. The summed E-state index contributed by atoms with van der Waals surface area (Å²) in [4.78, 5) is 14.0. The van der Waals surface area contributed by atoms with E-state index in [-0.39, 0.29) is 33.9 Å². The molecular weight excluding hydrogens is 529 g/mol. The van der Waals surface area contributed by atoms with Crippen molar-refractivity contribution in [2.45, 2.75) is 44.3 Å². The van der Waals surface area contributed by atoms with Gasteiger partial charge in [0, 0.05) is 48.7 Å². The fourth-order valence-electron chi connectivity index (χ4n) is 6.91. The maximum Gasteiger partial charge on any atom is 0.319 e. The molecule has 0 radical (unpaired) electrons. The van der Waals surface area contributed by atoms with Gasteiger partial charge in [-0.05, 0) is 66.8 Å². The van der Waals surface area contributed by atoms with Gasteiger partial charge in [-0.2, -0.15) is 9.97 Å². The Morgan fingerprint density at radius 1 is 1.07 bits per heavy atom. The molecule has 3 aliphatic heterocycles. The average molecular weight is 562 g/mol. The predicted molar refractivity (Wildman–Crippen MR) is 157 cm³/mol. The number of piperazine rings is 1. The Morgan fingerprint density at radius 2 is 1.85 bits per heavy atom. The molecule has 0 spiro atoms. The van der Waals surface area contributed by atoms with Crippen molar-refractivity contribution in [1.29, 1.82) is 0 Å². The Balaban J connectivity index is 1.37. The lowest BCUT2D eigenvalue weighted by atomic mass is 9.96. The third-order valence-corrected chi connectivity index (χ3v) is 9.07. The molecule has 2 bridgehead atoms. The molecule has 208 valence electrons. The van der Waals surface area contributed by atoms with Crippen LogP contribution in [-0.4, -0.2) is 71.4 Å². The number of anilines is 1. The van der Waals surface area contributed by atoms with Gasteiger partial charge in [0.1, 0.15) is 23.7 Å². The number of likely N-dealkylation sites (tertiary alicyclic amines) is 1. The average Bonchev–Trinajstić information content (AvgIpc) is 3.45. The molecule has 7 nitrogen and oxygen atoms in total. The van der Waals surface area contributed by atoms with E-state index in [0.29, 0.717) is 41.4 Å². The van der Waals surface area contributed by atoms with Crippen LogP contribution in [0.3, 0.4) is 0 Å². The van der Waals surface area contributed by atoms with Crippen LogP contribution in [0, 0.1) is 11.7 Å². The Kier molecular flexibility index (Phi) is 6.45. The number of phenolic OH excluding ortho intramolecular Hbond substituents is 1. The molecule has 40 heavy (non-hydrogen) atoms. The van der Waals surface area contributed by atoms with E-state index >= 15 is 4.39 Å². The second kappa shape index (κ2) is 10.0. The van der Waals surface area contributed by atoms with E-state index in [0.717, 1.165) is 49.7 Å². The summed E-state index contributed by atoms with van der Waals surface area (Å²) in [5, 5.41) is 16.5. The van der Waals surface area contributed by atoms with E-state index < -0.39 is 5.82 Å². The number of benzene rings is 3. The second-order valence-corrected chi connectivity index (χ2v) is 12.2. The maximum absolute atomic E-state index is 16.7. The molecule has 9 heteroatoms. The van der Waals surface area contributed by atoms with E-state index in [1.165, 1.54) is 0 Å². The summed E-state index contributed by atoms with van der Waals surface area (Å²) in [7, 11) is 2.11. The monoisotopic (exact) mass is 561 g/mol. The van der Waals surface area contributed by atoms with Crippen LogP contribution >= 0.6 is 11.6 Å². The second-order valence-electron chi connectivity index (χ2n) is 11.8. The normalized spacial score (nSPS) is 24.9. The number of rotatable bonds is 5. The molecule has 7 rings (SSSR count). The molecule has 4 heterocycles. The number of phenols is 1. The summed E-state index contributed by atoms with van der Waals surface area (Å²) < 4.78 is 22.9. The zero-order chi connectivity index (χ0) is 27.5. The van der Waals surface area contributed by atoms with Gasteiger partial charge < -0.3 is 20.1 Å². The summed E-state index contributed by atoms with van der Waals surface area (Å²) in [5.41, 5.74) is 0.900. The SMILES string of the molecule is C[C@H]1C[C@@H](COc2nc(N3CC4CCC(C3)N4)c3cc(Cl)c(-c4cc(O)cc5ccccc45)c(F)c3n2)N(C)C1. The fraction of sp³-hybridized carbons (Fsp3) is 0.419. The van der Waals surface area contributed by atoms with Crippen LogP contribution in [0.1, 0.15) is 26.2 Å². The molecule has 0 saturated carbocycles. The van der Waals surface area contributed by atoms with Crippen LogP contribution in [0.4, 0.5) is 10.2 Å². The molecular formula is C31H33ClFN5O2. The smallest absolute Gasteiger partial charge is 0.319 e. The van der Waals surface area contributed by atoms with Crippen LogP contribution in [-0.2, 0) is 0 Å². The molecule has 4 aromatic rings. The van der Waals surface area contributed by atoms with Crippen LogP contribution in [0.15, 0.2) is 42.5 Å². The van der Waals surface area contributed by atoms with Crippen molar-refractivity contribution in [2.24, 2.45) is 5.92 Å². The molecule has 3 saturated heterocycles. The van der Waals surface area contributed by atoms with E-state index in [9.17, 15) is 5.11 Å². The minimum atomic E-state index is -0.545. The molecule has 3 fully saturated rings. The van der Waals surface area contributed by atoms with Gasteiger partial charge in [0.05, 0.1) is 5.02 Å². The van der Waals surface area contributed by atoms with Gasteiger partial charge in [0.15, 0.2) is 5.82 Å². The zero-order valence-corrected chi connectivity index (χ0v) is 23.5. The van der Waals surface area contributed by atoms with Gasteiger partial charge in [0.25, 0.3) is 0 Å². The highest BCUT2D eigenvalue weighted by Gasteiger charge is 2.35. The topological polar surface area (TPSA) is 73.8 Å². The van der Waals surface area contributed by atoms with Crippen molar-refractivity contribution in [2.75, 3.05) is 38.2 Å². The minimum Gasteiger partial charge on any atom is -0.508 e. The van der Waals surface area contributed by atoms with E-state index in [2.05, 4.69) is 34.1 Å². The molecule has 1 aromatic heterocycles. The van der Waals surface area contributed by atoms with Gasteiger partial charge in [-0.1, -0.05) is 42.8 Å². The Labute approximate surface area is 237 Å². The van der Waals surface area contributed by atoms with Gasteiger partial charge in [0.2, 0.25) is 0 Å². The van der Waals surface area contributed by atoms with Crippen LogP contribution < -0.4 is 15.0 Å². The number of nitrogens with one attached hydrogen (secondary N) is 1. The molecule has 0 amide bonds. The number of aromatic nitrogens is 2. The lowest BCUT2D eigenvalue weighted by Gasteiger charge is -2.34. The molecule has 2 unspecified atom stereocenters. The first kappa shape index (κ1) is 25.7. The van der Waals surface area contributed by atoms with Gasteiger partial charge in [-0.15, -0.1) is 0 Å². The summed E-state index contributed by atoms with van der Waals surface area (Å²) >= 11 is 6.85. The number of likely N-dealkylation sites (N-methyl/N-ethyl adjacent to an activating group) is 1. The maximum atomic E-state index is 16.7. The Morgan fingerprint density at radius 3 is 2.60 bits per heavy atom. The number of hydrogen-bond donors (Lipinski definition) is 2. The van der Waals surface area contributed by atoms with Crippen molar-refractivity contribution >= 4 is 39.1 Å². The molecule has 2 N–H and O–H groups in total. The molecule has 4 atom stereocenters. The standard InChI is InChI=1S/C31H33ClFN5O2/c1-17-9-21(37(2)13-17)16-40-31-35-29-25(30(36-31)38-14-19-7-8-20(15-38)34-19)12-26(32)27(28(29)33)24-11-22(39)10-18-5-3-4-6-23(18)24/h3-6,10-12,17,19-21,34,39H,7-9,13-16H2,1-2H3/t17-,19?,20?,21-/m0/s1. The van der Waals surface area contributed by atoms with Gasteiger partial charge >= 0.3 is 6.01 Å². The summed E-state index contributed by atoms with van der Waals surface area (Å²) in [6.07, 6.45) is 3.27. The lowest BCUT2D eigenvalue weighted by molar-refractivity contribution is 0.188. The van der Waals surface area contributed by atoms with Gasteiger partial charge in [-0.3, -0.25) is 4.90 Å². The van der Waals surface area contributed by atoms with Crippen LogP contribution in [0.25, 0.3) is 32.8 Å². The first-order chi connectivity index (χ1) is 19.3. The van der Waals surface area contributed by atoms with Crippen molar-refractivity contribution in [3.8, 4) is 22.9 Å². The van der Waals surface area contributed by atoms with Gasteiger partial charge in [-0.25, -0.2) is 4.39 Å². The number of halogens is 2. The molecule has 3 aliphatic rings. The summed E-state index contributed by atoms with van der Waals surface area (Å²) in [5.74, 6) is 0.751. The Bertz CT molecular complexity index is 1600. The number of aromatic hydroxyl groups is 1. The number of hydrogen-bond acceptors (Lipinski definition) is 7. The first-order valence-electron chi connectivity index (χ1n) is 14.1. The third kappa shape index (κ3) is 4.52. The highest BCUT2D eigenvalue weighted by atomic mass is 35.5. The number of fused-ring (bicyclic) bond motifs is 4. The van der Waals surface area contributed by atoms with Crippen molar-refractivity contribution in [1.82, 2.24) is 20.2 Å². The summed E-state index contributed by atoms with van der Waals surface area (Å²) in [6, 6.07) is 13.7. The van der Waals surface area contributed by atoms with E-state index in [4.69, 9.17) is 21.3 Å². The van der Waals surface area contributed by atoms with Crippen LogP contribution in [0.5, 0.6) is 11.8 Å². The first-order valence-corrected chi connectivity index (χ1v) is 14.5. The Hall–Kier alpha value is -3.20. The van der Waals surface area contributed by atoms with E-state index in [1.807, 2.05) is 24.3 Å². The van der Waals surface area contributed by atoms with Crippen molar-refractivity contribution in [3.05, 3.63) is 53.3 Å². The van der Waals surface area contributed by atoms with Crippen molar-refractivity contribution < 1.29 is 14.2 Å². The largest absolute Gasteiger partial charge is 0.508 e. The molecule has 3 aromatic carbocycles. The highest BCUT2D eigenvalue weighted by molar-refractivity contribution is 6.35. The highest BCUT2D eigenvalue weighted by Crippen LogP contribution is 2.43. The number of ether oxygens (including phenoxy) is 1. The van der Waals surface area contributed by atoms with Crippen LogP contribution in [0.2, 0.25) is 5.02 Å². The quantitative estimate of drug-likeness (QED) is 0.328. The fourth-order valence-corrected chi connectivity index (χ4v) is 7.20. The zero-order valence-electron chi connectivity index (χ0n) is 22.7. The predicted octanol–water partition coefficient (Wildman–Crippen LogP) is 5.61. The minimum absolute atomic E-state index is 0.0443. The van der Waals surface area contributed by atoms with E-state index in [1.54, 1.807) is 18.2 Å². The third-order valence-electron chi connectivity index (χ3n) is 8.78. The molecule has 0 aliphatic carbocycles. The number of nitrogens with zero attached hydrogens (tertiary/aromatic N) is 4. The van der Waals surface area contributed by atoms with Crippen molar-refractivity contribution in [3.63, 3.8) is 0 Å². The summed E-state index contributed by atoms with van der Waals surface area (Å²) in [6.45, 7) is 5.27.